The van der Waals surface area contributed by atoms with Crippen LogP contribution in [0.4, 0.5) is 0 Å². The molecule has 2 rings (SSSR count). The van der Waals surface area contributed by atoms with Gasteiger partial charge in [-0.1, -0.05) is 24.8 Å². The van der Waals surface area contributed by atoms with Crippen molar-refractivity contribution in [2.24, 2.45) is 5.10 Å². The maximum absolute atomic E-state index is 12.3. The molecular formula is C19H20N2O4. The van der Waals surface area contributed by atoms with Crippen LogP contribution in [-0.4, -0.2) is 32.9 Å². The smallest absolute Gasteiger partial charge is 0.275 e. The van der Waals surface area contributed by atoms with Gasteiger partial charge >= 0.3 is 0 Å². The van der Waals surface area contributed by atoms with E-state index in [1.165, 1.54) is 6.21 Å². The molecule has 130 valence electrons. The van der Waals surface area contributed by atoms with E-state index in [1.807, 2.05) is 0 Å². The fourth-order valence-corrected chi connectivity index (χ4v) is 2.07. The minimum Gasteiger partial charge on any atom is -0.497 e. The second-order valence-corrected chi connectivity index (χ2v) is 4.90. The van der Waals surface area contributed by atoms with E-state index in [-0.39, 0.29) is 5.91 Å². The Balaban J connectivity index is 2.10. The Morgan fingerprint density at radius 2 is 1.96 bits per heavy atom. The van der Waals surface area contributed by atoms with E-state index in [0.717, 1.165) is 0 Å². The number of carbonyl (C=O) groups excluding carboxylic acids is 1. The first kappa shape index (κ1) is 18.1. The van der Waals surface area contributed by atoms with Crippen molar-refractivity contribution in [3.63, 3.8) is 0 Å². The second kappa shape index (κ2) is 9.12. The standard InChI is InChI=1S/C19H20N2O4/c1-4-11-25-17-8-6-5-7-16(17)19(22)21-20-13-14-9-10-15(23-2)12-18(14)24-3/h4-10,12-13H,1,11H2,2-3H3,(H,21,22)/b20-13+. The van der Waals surface area contributed by atoms with Crippen LogP contribution in [0.15, 0.2) is 60.2 Å². The summed E-state index contributed by atoms with van der Waals surface area (Å²) in [5.41, 5.74) is 3.58. The van der Waals surface area contributed by atoms with E-state index in [9.17, 15) is 4.79 Å². The van der Waals surface area contributed by atoms with Crippen molar-refractivity contribution in [2.45, 2.75) is 0 Å². The minimum atomic E-state index is -0.372. The number of hydrogen-bond acceptors (Lipinski definition) is 5. The maximum Gasteiger partial charge on any atom is 0.275 e. The van der Waals surface area contributed by atoms with Gasteiger partial charge in [-0.15, -0.1) is 0 Å². The Kier molecular flexibility index (Phi) is 6.59. The number of amides is 1. The van der Waals surface area contributed by atoms with Crippen LogP contribution in [0.1, 0.15) is 15.9 Å². The summed E-state index contributed by atoms with van der Waals surface area (Å²) in [4.78, 5) is 12.3. The summed E-state index contributed by atoms with van der Waals surface area (Å²) in [5.74, 6) is 1.36. The van der Waals surface area contributed by atoms with Gasteiger partial charge in [-0.05, 0) is 24.3 Å². The van der Waals surface area contributed by atoms with E-state index in [1.54, 1.807) is 62.8 Å². The third-order valence-corrected chi connectivity index (χ3v) is 3.30. The van der Waals surface area contributed by atoms with E-state index in [0.29, 0.717) is 35.0 Å². The van der Waals surface area contributed by atoms with Gasteiger partial charge in [0.15, 0.2) is 0 Å². The molecule has 0 unspecified atom stereocenters. The maximum atomic E-state index is 12.3. The number of carbonyl (C=O) groups is 1. The molecule has 0 fully saturated rings. The molecule has 0 radical (unpaired) electrons. The average Bonchev–Trinajstić information content (AvgIpc) is 2.66. The highest BCUT2D eigenvalue weighted by molar-refractivity contribution is 5.97. The molecule has 0 heterocycles. The Bertz CT molecular complexity index is 772. The fourth-order valence-electron chi connectivity index (χ4n) is 2.07. The van der Waals surface area contributed by atoms with Gasteiger partial charge in [0.2, 0.25) is 0 Å². The summed E-state index contributed by atoms with van der Waals surface area (Å²) in [7, 11) is 3.13. The molecule has 6 nitrogen and oxygen atoms in total. The molecule has 1 amide bonds. The lowest BCUT2D eigenvalue weighted by atomic mass is 10.2. The van der Waals surface area contributed by atoms with Crippen LogP contribution in [0.5, 0.6) is 17.2 Å². The van der Waals surface area contributed by atoms with Crippen LogP contribution >= 0.6 is 0 Å². The Morgan fingerprint density at radius 3 is 2.68 bits per heavy atom. The van der Waals surface area contributed by atoms with Crippen molar-refractivity contribution in [2.75, 3.05) is 20.8 Å². The molecule has 2 aromatic rings. The fraction of sp³-hybridized carbons (Fsp3) is 0.158. The van der Waals surface area contributed by atoms with Crippen molar-refractivity contribution < 1.29 is 19.0 Å². The van der Waals surface area contributed by atoms with E-state index in [2.05, 4.69) is 17.1 Å². The molecule has 0 spiro atoms. The number of hydrazone groups is 1. The zero-order valence-corrected chi connectivity index (χ0v) is 14.2. The normalized spacial score (nSPS) is 10.3. The molecule has 0 aliphatic carbocycles. The molecule has 0 saturated heterocycles. The Morgan fingerprint density at radius 1 is 1.16 bits per heavy atom. The first-order valence-corrected chi connectivity index (χ1v) is 7.57. The summed E-state index contributed by atoms with van der Waals surface area (Å²) < 4.78 is 15.9. The third kappa shape index (κ3) is 4.84. The minimum absolute atomic E-state index is 0.316. The third-order valence-electron chi connectivity index (χ3n) is 3.30. The topological polar surface area (TPSA) is 69.2 Å². The number of para-hydroxylation sites is 1. The van der Waals surface area contributed by atoms with Crippen molar-refractivity contribution in [3.05, 3.63) is 66.2 Å². The summed E-state index contributed by atoms with van der Waals surface area (Å²) >= 11 is 0. The molecule has 1 N–H and O–H groups in total. The lowest BCUT2D eigenvalue weighted by Gasteiger charge is -2.09. The predicted molar refractivity (Wildman–Crippen MR) is 96.7 cm³/mol. The van der Waals surface area contributed by atoms with E-state index < -0.39 is 0 Å². The summed E-state index contributed by atoms with van der Waals surface area (Å²) in [6.45, 7) is 3.91. The summed E-state index contributed by atoms with van der Waals surface area (Å²) in [6, 6.07) is 12.2. The van der Waals surface area contributed by atoms with Gasteiger partial charge in [-0.2, -0.15) is 5.10 Å². The molecule has 0 bridgehead atoms. The number of nitrogens with one attached hydrogen (secondary N) is 1. The van der Waals surface area contributed by atoms with E-state index in [4.69, 9.17) is 14.2 Å². The highest BCUT2D eigenvalue weighted by Gasteiger charge is 2.11. The number of benzene rings is 2. The highest BCUT2D eigenvalue weighted by atomic mass is 16.5. The summed E-state index contributed by atoms with van der Waals surface area (Å²) in [5, 5.41) is 3.98. The molecule has 0 aromatic heterocycles. The lowest BCUT2D eigenvalue weighted by Crippen LogP contribution is -2.18. The molecular weight excluding hydrogens is 320 g/mol. The largest absolute Gasteiger partial charge is 0.497 e. The second-order valence-electron chi connectivity index (χ2n) is 4.90. The monoisotopic (exact) mass is 340 g/mol. The number of nitrogens with zero attached hydrogens (tertiary/aromatic N) is 1. The van der Waals surface area contributed by atoms with Crippen LogP contribution < -0.4 is 19.6 Å². The Hall–Kier alpha value is -3.28. The lowest BCUT2D eigenvalue weighted by molar-refractivity contribution is 0.0951. The van der Waals surface area contributed by atoms with Gasteiger partial charge < -0.3 is 14.2 Å². The predicted octanol–water partition coefficient (Wildman–Crippen LogP) is 3.03. The first-order valence-electron chi connectivity index (χ1n) is 7.57. The molecule has 0 saturated carbocycles. The Labute approximate surface area is 146 Å². The quantitative estimate of drug-likeness (QED) is 0.456. The van der Waals surface area contributed by atoms with E-state index >= 15 is 0 Å². The number of rotatable bonds is 8. The van der Waals surface area contributed by atoms with Crippen molar-refractivity contribution in [1.82, 2.24) is 5.43 Å². The van der Waals surface area contributed by atoms with Crippen LogP contribution in [0, 0.1) is 0 Å². The van der Waals surface area contributed by atoms with Gasteiger partial charge in [0.25, 0.3) is 5.91 Å². The van der Waals surface area contributed by atoms with Gasteiger partial charge in [0, 0.05) is 11.6 Å². The molecule has 6 heteroatoms. The summed E-state index contributed by atoms with van der Waals surface area (Å²) in [6.07, 6.45) is 3.12. The van der Waals surface area contributed by atoms with Gasteiger partial charge in [0.1, 0.15) is 23.9 Å². The van der Waals surface area contributed by atoms with Crippen molar-refractivity contribution >= 4 is 12.1 Å². The number of methoxy groups -OCH3 is 2. The average molecular weight is 340 g/mol. The highest BCUT2D eigenvalue weighted by Crippen LogP contribution is 2.23. The number of ether oxygens (including phenoxy) is 3. The molecule has 0 atom stereocenters. The first-order chi connectivity index (χ1) is 12.2. The molecule has 0 aliphatic heterocycles. The van der Waals surface area contributed by atoms with Crippen LogP contribution in [0.2, 0.25) is 0 Å². The van der Waals surface area contributed by atoms with Crippen molar-refractivity contribution in [1.29, 1.82) is 0 Å². The zero-order chi connectivity index (χ0) is 18.1. The van der Waals surface area contributed by atoms with Gasteiger partial charge in [-0.3, -0.25) is 4.79 Å². The molecule has 2 aromatic carbocycles. The zero-order valence-electron chi connectivity index (χ0n) is 14.2. The van der Waals surface area contributed by atoms with Gasteiger partial charge in [-0.25, -0.2) is 5.43 Å². The molecule has 25 heavy (non-hydrogen) atoms. The van der Waals surface area contributed by atoms with Gasteiger partial charge in [0.05, 0.1) is 26.0 Å². The van der Waals surface area contributed by atoms with Crippen LogP contribution in [0.25, 0.3) is 0 Å². The van der Waals surface area contributed by atoms with Crippen molar-refractivity contribution in [3.8, 4) is 17.2 Å². The molecule has 0 aliphatic rings. The SMILES string of the molecule is C=CCOc1ccccc1C(=O)N/N=C/c1ccc(OC)cc1OC. The van der Waals surface area contributed by atoms with Crippen LogP contribution in [-0.2, 0) is 0 Å². The number of hydrogen-bond donors (Lipinski definition) is 1. The van der Waals surface area contributed by atoms with Crippen LogP contribution in [0.3, 0.4) is 0 Å².